The number of carbonyl (C=O) groups excluding carboxylic acids is 3. The second-order valence-electron chi connectivity index (χ2n) is 8.60. The topological polar surface area (TPSA) is 84.5 Å². The molecule has 176 valence electrons. The Bertz CT molecular complexity index is 982. The van der Waals surface area contributed by atoms with Crippen molar-refractivity contribution in [3.63, 3.8) is 0 Å². The van der Waals surface area contributed by atoms with Crippen molar-refractivity contribution in [2.45, 2.75) is 44.9 Å². The Morgan fingerprint density at radius 2 is 1.48 bits per heavy atom. The van der Waals surface area contributed by atoms with Crippen LogP contribution in [-0.4, -0.2) is 38.0 Å². The highest BCUT2D eigenvalue weighted by atomic mass is 35.5. The summed E-state index contributed by atoms with van der Waals surface area (Å²) >= 11 is 6.07. The first-order valence-corrected chi connectivity index (χ1v) is 11.7. The number of hydrogen-bond acceptors (Lipinski definition) is 4. The minimum Gasteiger partial charge on any atom is -0.469 e. The van der Waals surface area contributed by atoms with Crippen LogP contribution >= 0.6 is 11.6 Å². The Labute approximate surface area is 200 Å². The zero-order valence-electron chi connectivity index (χ0n) is 19.2. The molecule has 1 aliphatic carbocycles. The maximum atomic E-state index is 12.4. The van der Waals surface area contributed by atoms with Gasteiger partial charge in [-0.05, 0) is 79.8 Å². The van der Waals surface area contributed by atoms with Crippen molar-refractivity contribution >= 4 is 29.4 Å². The molecule has 7 heteroatoms. The van der Waals surface area contributed by atoms with E-state index in [1.165, 1.54) is 12.7 Å². The van der Waals surface area contributed by atoms with Gasteiger partial charge in [-0.2, -0.15) is 0 Å². The SMILES string of the molecule is COC(=O)C[C@H]1CC[C@H](c2ccc(C(=O)NCCNC(=O)c3ccc(C)c(Cl)c3)cc2)CC1. The van der Waals surface area contributed by atoms with Crippen molar-refractivity contribution in [1.82, 2.24) is 10.6 Å². The van der Waals surface area contributed by atoms with Gasteiger partial charge < -0.3 is 15.4 Å². The van der Waals surface area contributed by atoms with Crippen molar-refractivity contribution in [2.24, 2.45) is 5.92 Å². The van der Waals surface area contributed by atoms with Gasteiger partial charge in [0, 0.05) is 35.7 Å². The summed E-state index contributed by atoms with van der Waals surface area (Å²) in [6.45, 7) is 2.53. The zero-order chi connectivity index (χ0) is 23.8. The third-order valence-electron chi connectivity index (χ3n) is 6.30. The lowest BCUT2D eigenvalue weighted by atomic mass is 9.77. The molecule has 2 amide bonds. The predicted octanol–water partition coefficient (Wildman–Crippen LogP) is 4.65. The third-order valence-corrected chi connectivity index (χ3v) is 6.71. The number of halogens is 1. The monoisotopic (exact) mass is 470 g/mol. The molecular weight excluding hydrogens is 440 g/mol. The van der Waals surface area contributed by atoms with Gasteiger partial charge in [-0.1, -0.05) is 29.8 Å². The second kappa shape index (κ2) is 11.8. The molecule has 0 spiro atoms. The minimum atomic E-state index is -0.225. The number of esters is 1. The first kappa shape index (κ1) is 24.8. The molecule has 0 bridgehead atoms. The lowest BCUT2D eigenvalue weighted by Gasteiger charge is -2.28. The van der Waals surface area contributed by atoms with Crippen molar-refractivity contribution in [1.29, 1.82) is 0 Å². The van der Waals surface area contributed by atoms with Crippen LogP contribution in [0.4, 0.5) is 0 Å². The van der Waals surface area contributed by atoms with Crippen LogP contribution in [0.3, 0.4) is 0 Å². The smallest absolute Gasteiger partial charge is 0.305 e. The summed E-state index contributed by atoms with van der Waals surface area (Å²) < 4.78 is 4.77. The largest absolute Gasteiger partial charge is 0.469 e. The van der Waals surface area contributed by atoms with E-state index in [0.717, 1.165) is 31.2 Å². The lowest BCUT2D eigenvalue weighted by Crippen LogP contribution is -2.34. The molecule has 0 heterocycles. The number of benzene rings is 2. The van der Waals surface area contributed by atoms with E-state index in [0.29, 0.717) is 47.5 Å². The average Bonchev–Trinajstić information content (AvgIpc) is 2.83. The number of hydrogen-bond donors (Lipinski definition) is 2. The average molecular weight is 471 g/mol. The minimum absolute atomic E-state index is 0.132. The Kier molecular flexibility index (Phi) is 8.89. The summed E-state index contributed by atoms with van der Waals surface area (Å²) in [7, 11) is 1.43. The molecule has 6 nitrogen and oxygen atoms in total. The maximum Gasteiger partial charge on any atom is 0.305 e. The van der Waals surface area contributed by atoms with Crippen molar-refractivity contribution in [2.75, 3.05) is 20.2 Å². The molecule has 2 aromatic rings. The van der Waals surface area contributed by atoms with E-state index in [1.807, 2.05) is 31.2 Å². The van der Waals surface area contributed by atoms with Crippen LogP contribution in [0.1, 0.15) is 69.9 Å². The van der Waals surface area contributed by atoms with Crippen LogP contribution in [0.5, 0.6) is 0 Å². The molecule has 0 aliphatic heterocycles. The number of ether oxygens (including phenoxy) is 1. The molecule has 2 N–H and O–H groups in total. The maximum absolute atomic E-state index is 12.4. The van der Waals surface area contributed by atoms with Crippen LogP contribution in [0.25, 0.3) is 0 Å². The van der Waals surface area contributed by atoms with Crippen molar-refractivity contribution in [3.05, 3.63) is 69.7 Å². The van der Waals surface area contributed by atoms with E-state index in [9.17, 15) is 14.4 Å². The molecule has 0 atom stereocenters. The van der Waals surface area contributed by atoms with Crippen LogP contribution in [0, 0.1) is 12.8 Å². The number of amides is 2. The second-order valence-corrected chi connectivity index (χ2v) is 9.00. The molecule has 0 unspecified atom stereocenters. The summed E-state index contributed by atoms with van der Waals surface area (Å²) in [5, 5.41) is 6.16. The van der Waals surface area contributed by atoms with Gasteiger partial charge >= 0.3 is 5.97 Å². The van der Waals surface area contributed by atoms with Gasteiger partial charge in [-0.15, -0.1) is 0 Å². The molecule has 0 saturated heterocycles. The van der Waals surface area contributed by atoms with Gasteiger partial charge in [0.05, 0.1) is 7.11 Å². The van der Waals surface area contributed by atoms with Gasteiger partial charge in [-0.25, -0.2) is 0 Å². The standard InChI is InChI=1S/C26H31ClN2O4/c1-17-3-6-22(16-23(17)27)26(32)29-14-13-28-25(31)21-11-9-20(10-12-21)19-7-4-18(5-8-19)15-24(30)33-2/h3,6,9-12,16,18-19H,4-5,7-8,13-15H2,1-2H3,(H,28,31)(H,29,32)/t18-,19-. The number of carbonyl (C=O) groups is 3. The molecule has 0 aromatic heterocycles. The highest BCUT2D eigenvalue weighted by Crippen LogP contribution is 2.37. The van der Waals surface area contributed by atoms with Crippen LogP contribution in [0.15, 0.2) is 42.5 Å². The molecule has 33 heavy (non-hydrogen) atoms. The normalized spacial score (nSPS) is 17.8. The summed E-state index contributed by atoms with van der Waals surface area (Å²) in [6, 6.07) is 12.9. The fraction of sp³-hybridized carbons (Fsp3) is 0.423. The Morgan fingerprint density at radius 1 is 0.909 bits per heavy atom. The number of nitrogens with one attached hydrogen (secondary N) is 2. The van der Waals surface area contributed by atoms with Gasteiger partial charge in [0.25, 0.3) is 11.8 Å². The summed E-state index contributed by atoms with van der Waals surface area (Å²) in [5.41, 5.74) is 3.23. The molecular formula is C26H31ClN2O4. The van der Waals surface area contributed by atoms with E-state index < -0.39 is 0 Å². The number of methoxy groups -OCH3 is 1. The Balaban J connectivity index is 1.41. The lowest BCUT2D eigenvalue weighted by molar-refractivity contribution is -0.142. The first-order chi connectivity index (χ1) is 15.9. The molecule has 1 aliphatic rings. The van der Waals surface area contributed by atoms with Crippen molar-refractivity contribution < 1.29 is 19.1 Å². The number of aryl methyl sites for hydroxylation is 1. The fourth-order valence-electron chi connectivity index (χ4n) is 4.22. The summed E-state index contributed by atoms with van der Waals surface area (Å²) in [4.78, 5) is 36.1. The van der Waals surface area contributed by atoms with E-state index >= 15 is 0 Å². The van der Waals surface area contributed by atoms with Crippen LogP contribution < -0.4 is 10.6 Å². The molecule has 3 rings (SSSR count). The van der Waals surface area contributed by atoms with E-state index in [1.54, 1.807) is 18.2 Å². The molecule has 2 aromatic carbocycles. The summed E-state index contributed by atoms with van der Waals surface area (Å²) in [5.74, 6) is 0.337. The first-order valence-electron chi connectivity index (χ1n) is 11.4. The number of rotatable bonds is 8. The third kappa shape index (κ3) is 7.06. The van der Waals surface area contributed by atoms with Crippen molar-refractivity contribution in [3.8, 4) is 0 Å². The quantitative estimate of drug-likeness (QED) is 0.434. The highest BCUT2D eigenvalue weighted by molar-refractivity contribution is 6.31. The van der Waals surface area contributed by atoms with E-state index in [2.05, 4.69) is 10.6 Å². The van der Waals surface area contributed by atoms with Gasteiger partial charge in [0.1, 0.15) is 0 Å². The molecule has 0 radical (unpaired) electrons. The zero-order valence-corrected chi connectivity index (χ0v) is 19.9. The van der Waals surface area contributed by atoms with Crippen LogP contribution in [0.2, 0.25) is 5.02 Å². The fourth-order valence-corrected chi connectivity index (χ4v) is 4.40. The molecule has 1 fully saturated rings. The van der Waals surface area contributed by atoms with Gasteiger partial charge in [-0.3, -0.25) is 14.4 Å². The highest BCUT2D eigenvalue weighted by Gasteiger charge is 2.24. The molecule has 1 saturated carbocycles. The summed E-state index contributed by atoms with van der Waals surface area (Å²) in [6.07, 6.45) is 4.62. The van der Waals surface area contributed by atoms with Crippen LogP contribution in [-0.2, 0) is 9.53 Å². The Hall–Kier alpha value is -2.86. The predicted molar refractivity (Wildman–Crippen MR) is 129 cm³/mol. The van der Waals surface area contributed by atoms with E-state index in [-0.39, 0.29) is 17.8 Å². The Morgan fingerprint density at radius 3 is 2.06 bits per heavy atom. The van der Waals surface area contributed by atoms with Gasteiger partial charge in [0.2, 0.25) is 0 Å². The van der Waals surface area contributed by atoms with Gasteiger partial charge in [0.15, 0.2) is 0 Å². The van der Waals surface area contributed by atoms with E-state index in [4.69, 9.17) is 16.3 Å².